The Morgan fingerprint density at radius 2 is 1.78 bits per heavy atom. The first kappa shape index (κ1) is 31.4. The van der Waals surface area contributed by atoms with Crippen LogP contribution in [-0.2, 0) is 22.6 Å². The molecule has 2 fully saturated rings. The number of ether oxygens (including phenoxy) is 1. The predicted molar refractivity (Wildman–Crippen MR) is 176 cm³/mol. The van der Waals surface area contributed by atoms with E-state index in [4.69, 9.17) is 26.3 Å². The van der Waals surface area contributed by atoms with Gasteiger partial charge in [0.2, 0.25) is 5.91 Å². The van der Waals surface area contributed by atoms with E-state index in [9.17, 15) is 14.7 Å². The van der Waals surface area contributed by atoms with Gasteiger partial charge < -0.3 is 24.5 Å². The average Bonchev–Trinajstić information content (AvgIpc) is 3.49. The number of nitrogens with zero attached hydrogens (tertiary/aromatic N) is 6. The van der Waals surface area contributed by atoms with E-state index in [1.807, 2.05) is 17.0 Å². The molecule has 3 aromatic rings. The van der Waals surface area contributed by atoms with Crippen molar-refractivity contribution < 1.29 is 19.4 Å². The molecule has 1 amide bonds. The topological polar surface area (TPSA) is 102 Å². The van der Waals surface area contributed by atoms with E-state index < -0.39 is 11.4 Å². The number of halogens is 1. The molecule has 1 aromatic heterocycles. The summed E-state index contributed by atoms with van der Waals surface area (Å²) in [4.78, 5) is 42.5. The Kier molecular flexibility index (Phi) is 9.06. The van der Waals surface area contributed by atoms with Gasteiger partial charge in [-0.2, -0.15) is 9.97 Å². The fraction of sp³-hybridized carbons (Fsp3) is 0.529. The number of carbonyl (C=O) groups is 2. The molecular weight excluding hydrogens is 592 g/mol. The second-order valence-electron chi connectivity index (χ2n) is 13.1. The third kappa shape index (κ3) is 6.67. The molecule has 0 radical (unpaired) electrons. The zero-order chi connectivity index (χ0) is 31.7. The minimum atomic E-state index is -0.770. The van der Waals surface area contributed by atoms with Crippen LogP contribution in [0.25, 0.3) is 10.8 Å². The lowest BCUT2D eigenvalue weighted by molar-refractivity contribution is -0.147. The molecule has 0 spiro atoms. The number of hydrogen-bond acceptors (Lipinski definition) is 8. The van der Waals surface area contributed by atoms with Crippen LogP contribution in [0.5, 0.6) is 6.01 Å². The minimum Gasteiger partial charge on any atom is -0.481 e. The van der Waals surface area contributed by atoms with Crippen LogP contribution in [0.3, 0.4) is 0 Å². The van der Waals surface area contributed by atoms with Crippen LogP contribution < -0.4 is 14.5 Å². The van der Waals surface area contributed by atoms with Gasteiger partial charge in [-0.1, -0.05) is 35.9 Å². The Bertz CT molecular complexity index is 1570. The molecule has 3 aliphatic rings. The lowest BCUT2D eigenvalue weighted by Gasteiger charge is -2.38. The number of carbonyl (C=O) groups excluding carboxylic acids is 1. The van der Waals surface area contributed by atoms with Gasteiger partial charge in [0.15, 0.2) is 0 Å². The van der Waals surface area contributed by atoms with Crippen molar-refractivity contribution in [2.75, 3.05) is 62.2 Å². The normalized spacial score (nSPS) is 19.2. The van der Waals surface area contributed by atoms with Crippen LogP contribution in [-0.4, -0.2) is 95.2 Å². The van der Waals surface area contributed by atoms with Crippen molar-refractivity contribution in [3.63, 3.8) is 0 Å². The fourth-order valence-electron chi connectivity index (χ4n) is 6.77. The van der Waals surface area contributed by atoms with Gasteiger partial charge in [0.25, 0.3) is 0 Å². The highest BCUT2D eigenvalue weighted by atomic mass is 35.5. The maximum atomic E-state index is 12.0. The molecule has 2 aromatic carbocycles. The van der Waals surface area contributed by atoms with Gasteiger partial charge >= 0.3 is 12.0 Å². The molecule has 2 saturated heterocycles. The molecule has 1 N–H and O–H groups in total. The van der Waals surface area contributed by atoms with Crippen LogP contribution in [0.2, 0.25) is 5.02 Å². The summed E-state index contributed by atoms with van der Waals surface area (Å²) in [6.07, 6.45) is 3.42. The molecule has 1 atom stereocenters. The summed E-state index contributed by atoms with van der Waals surface area (Å²) >= 11 is 6.71. The van der Waals surface area contributed by atoms with Crippen LogP contribution in [0.15, 0.2) is 36.4 Å². The quantitative estimate of drug-likeness (QED) is 0.354. The van der Waals surface area contributed by atoms with E-state index >= 15 is 0 Å². The molecule has 3 aliphatic heterocycles. The Balaban J connectivity index is 1.25. The van der Waals surface area contributed by atoms with Crippen LogP contribution in [0, 0.1) is 5.41 Å². The average molecular weight is 635 g/mol. The van der Waals surface area contributed by atoms with Crippen molar-refractivity contribution >= 4 is 45.8 Å². The Hall–Kier alpha value is -3.63. The number of rotatable bonds is 9. The number of carboxylic acid groups (broad SMARTS) is 1. The third-order valence-electron chi connectivity index (χ3n) is 9.73. The van der Waals surface area contributed by atoms with Crippen molar-refractivity contribution in [2.45, 2.75) is 59.0 Å². The van der Waals surface area contributed by atoms with Crippen molar-refractivity contribution in [3.8, 4) is 6.01 Å². The number of amides is 1. The van der Waals surface area contributed by atoms with Crippen molar-refractivity contribution in [1.29, 1.82) is 0 Å². The number of likely N-dealkylation sites (tertiary alicyclic amines) is 1. The maximum Gasteiger partial charge on any atom is 0.318 e. The summed E-state index contributed by atoms with van der Waals surface area (Å²) in [6, 6.07) is 12.8. The highest BCUT2D eigenvalue weighted by Gasteiger charge is 2.33. The number of piperazine rings is 1. The predicted octanol–water partition coefficient (Wildman–Crippen LogP) is 4.86. The number of aliphatic carboxylic acids is 1. The highest BCUT2D eigenvalue weighted by molar-refractivity contribution is 6.36. The lowest BCUT2D eigenvalue weighted by atomic mass is 9.89. The first-order valence-corrected chi connectivity index (χ1v) is 16.4. The number of aromatic nitrogens is 2. The van der Waals surface area contributed by atoms with Gasteiger partial charge in [0.1, 0.15) is 12.4 Å². The summed E-state index contributed by atoms with van der Waals surface area (Å²) in [6.45, 7) is 11.4. The first-order valence-electron chi connectivity index (χ1n) is 16.0. The molecule has 0 bridgehead atoms. The molecule has 4 heterocycles. The largest absolute Gasteiger partial charge is 0.481 e. The Labute approximate surface area is 269 Å². The van der Waals surface area contributed by atoms with Gasteiger partial charge in [-0.3, -0.25) is 14.5 Å². The van der Waals surface area contributed by atoms with Crippen molar-refractivity contribution in [1.82, 2.24) is 19.8 Å². The first-order chi connectivity index (χ1) is 21.6. The highest BCUT2D eigenvalue weighted by Crippen LogP contribution is 2.37. The molecule has 0 aliphatic carbocycles. The third-order valence-corrected chi connectivity index (χ3v) is 10.0. The molecule has 6 rings (SSSR count). The number of benzene rings is 2. The summed E-state index contributed by atoms with van der Waals surface area (Å²) in [5.74, 6) is 0.231. The molecular formula is C34H43ClN6O4. The van der Waals surface area contributed by atoms with Crippen molar-refractivity contribution in [2.24, 2.45) is 5.41 Å². The van der Waals surface area contributed by atoms with E-state index in [0.29, 0.717) is 58.3 Å². The smallest absolute Gasteiger partial charge is 0.318 e. The number of fused-ring (bicyclic) bond motifs is 2. The fourth-order valence-corrected chi connectivity index (χ4v) is 7.05. The van der Waals surface area contributed by atoms with E-state index in [2.05, 4.69) is 39.0 Å². The van der Waals surface area contributed by atoms with Crippen molar-refractivity contribution in [3.05, 3.63) is 52.7 Å². The van der Waals surface area contributed by atoms with Gasteiger partial charge in [-0.25, -0.2) is 0 Å². The molecule has 240 valence electrons. The van der Waals surface area contributed by atoms with E-state index in [1.54, 1.807) is 20.8 Å². The number of carboxylic acids is 1. The SMILES string of the molecule is CC(=O)N1CCN(c2nc(OCC3CCCN3CCC(C)(C)C(=O)O)nc3c2CCN(c2cccc4cccc(Cl)c24)C3)CC1. The van der Waals surface area contributed by atoms with E-state index in [1.165, 1.54) is 0 Å². The maximum absolute atomic E-state index is 12.0. The van der Waals surface area contributed by atoms with Gasteiger partial charge in [0, 0.05) is 62.3 Å². The molecule has 11 heteroatoms. The molecule has 0 saturated carbocycles. The summed E-state index contributed by atoms with van der Waals surface area (Å²) in [5, 5.41) is 12.5. The summed E-state index contributed by atoms with van der Waals surface area (Å²) in [5.41, 5.74) is 2.41. The Morgan fingerprint density at radius 3 is 2.51 bits per heavy atom. The summed E-state index contributed by atoms with van der Waals surface area (Å²) < 4.78 is 6.38. The van der Waals surface area contributed by atoms with Crippen LogP contribution >= 0.6 is 11.6 Å². The number of anilines is 2. The minimum absolute atomic E-state index is 0.0978. The van der Waals surface area contributed by atoms with E-state index in [0.717, 1.165) is 70.9 Å². The summed E-state index contributed by atoms with van der Waals surface area (Å²) in [7, 11) is 0. The molecule has 10 nitrogen and oxygen atoms in total. The lowest BCUT2D eigenvalue weighted by Crippen LogP contribution is -2.49. The second-order valence-corrected chi connectivity index (χ2v) is 13.5. The Morgan fingerprint density at radius 1 is 1.02 bits per heavy atom. The van der Waals surface area contributed by atoms with Crippen LogP contribution in [0.4, 0.5) is 11.5 Å². The number of hydrogen-bond donors (Lipinski definition) is 1. The van der Waals surface area contributed by atoms with Crippen LogP contribution in [0.1, 0.15) is 51.3 Å². The van der Waals surface area contributed by atoms with Gasteiger partial charge in [0.05, 0.1) is 22.7 Å². The standard InChI is InChI=1S/C34H43ClN6O4/c1-23(42)38-17-19-40(20-18-38)31-26-12-15-41(29-11-5-8-24-7-4-10-27(35)30(24)29)21-28(26)36-33(37-31)45-22-25-9-6-14-39(25)16-13-34(2,3)32(43)44/h4-5,7-8,10-11,25H,6,9,12-22H2,1-3H3,(H,43,44). The zero-order valence-electron chi connectivity index (χ0n) is 26.5. The van der Waals surface area contributed by atoms with E-state index in [-0.39, 0.29) is 11.9 Å². The monoisotopic (exact) mass is 634 g/mol. The van der Waals surface area contributed by atoms with Gasteiger partial charge in [-0.05, 0) is 70.1 Å². The zero-order valence-corrected chi connectivity index (χ0v) is 27.2. The second kappa shape index (κ2) is 13.0. The van der Waals surface area contributed by atoms with Gasteiger partial charge in [-0.15, -0.1) is 0 Å². The molecule has 1 unspecified atom stereocenters. The molecule has 45 heavy (non-hydrogen) atoms.